The van der Waals surface area contributed by atoms with Gasteiger partial charge in [0.25, 0.3) is 0 Å². The van der Waals surface area contributed by atoms with Gasteiger partial charge in [0, 0.05) is 6.92 Å². The Hall–Kier alpha value is -1.71. The zero-order valence-corrected chi connectivity index (χ0v) is 25.7. The van der Waals surface area contributed by atoms with Gasteiger partial charge in [0.15, 0.2) is 18.0 Å². The lowest BCUT2D eigenvalue weighted by Gasteiger charge is -2.51. The molecule has 2 aliphatic heterocycles. The molecule has 2 aromatic heterocycles. The largest absolute Gasteiger partial charge is 0.455 e. The van der Waals surface area contributed by atoms with Crippen LogP contribution in [0.2, 0.25) is 22.2 Å². The van der Waals surface area contributed by atoms with E-state index in [-0.39, 0.29) is 22.2 Å². The molecular weight excluding hydrogens is 508 g/mol. The molecule has 10 nitrogen and oxygen atoms in total. The van der Waals surface area contributed by atoms with Crippen LogP contribution in [0.5, 0.6) is 0 Å². The molecule has 0 amide bonds. The number of rotatable bonds is 6. The van der Waals surface area contributed by atoms with E-state index in [0.717, 1.165) is 5.69 Å². The SMILES string of the molecule is CC(=O)O[C@@H]1[C@@H]2O[Si](C(C)C)(C(C)C)O[Si](C(C)C)(C(C)C)OC[C@H]2O[C@H]1n1cnc2c(C)ncnc21. The first-order valence-electron chi connectivity index (χ1n) is 13.3. The molecule has 12 heteroatoms. The van der Waals surface area contributed by atoms with E-state index >= 15 is 0 Å². The lowest BCUT2D eigenvalue weighted by molar-refractivity contribution is -0.155. The Morgan fingerprint density at radius 1 is 1.00 bits per heavy atom. The Morgan fingerprint density at radius 3 is 2.19 bits per heavy atom. The molecule has 206 valence electrons. The average molecular weight is 551 g/mol. The van der Waals surface area contributed by atoms with E-state index in [1.54, 1.807) is 6.33 Å². The van der Waals surface area contributed by atoms with Crippen LogP contribution >= 0.6 is 0 Å². The molecule has 4 atom stereocenters. The number of imidazole rings is 1. The smallest absolute Gasteiger partial charge is 0.335 e. The number of carbonyl (C=O) groups is 1. The molecular formula is C25H42N4O6Si2. The van der Waals surface area contributed by atoms with E-state index in [0.29, 0.717) is 17.8 Å². The van der Waals surface area contributed by atoms with Crippen molar-refractivity contribution in [3.63, 3.8) is 0 Å². The Morgan fingerprint density at radius 2 is 1.62 bits per heavy atom. The van der Waals surface area contributed by atoms with Crippen LogP contribution in [-0.4, -0.2) is 67.5 Å². The number of hydrogen-bond acceptors (Lipinski definition) is 9. The number of fused-ring (bicyclic) bond motifs is 2. The molecule has 0 radical (unpaired) electrons. The lowest BCUT2D eigenvalue weighted by atomic mass is 10.1. The van der Waals surface area contributed by atoms with Crippen LogP contribution in [0.4, 0.5) is 0 Å². The third-order valence-electron chi connectivity index (χ3n) is 7.73. The minimum atomic E-state index is -2.92. The molecule has 0 N–H and O–H groups in total. The minimum Gasteiger partial charge on any atom is -0.455 e. The number of esters is 1. The summed E-state index contributed by atoms with van der Waals surface area (Å²) in [6, 6.07) is 0. The molecule has 4 heterocycles. The molecule has 0 aromatic carbocycles. The number of carbonyl (C=O) groups excluding carboxylic acids is 1. The third-order valence-corrected chi connectivity index (χ3v) is 18.0. The van der Waals surface area contributed by atoms with Crippen molar-refractivity contribution in [3.8, 4) is 0 Å². The van der Waals surface area contributed by atoms with Crippen LogP contribution in [0, 0.1) is 6.92 Å². The van der Waals surface area contributed by atoms with E-state index in [1.807, 2.05) is 11.5 Å². The maximum Gasteiger partial charge on any atom is 0.335 e. The second-order valence-electron chi connectivity index (χ2n) is 11.5. The topological polar surface area (TPSA) is 107 Å². The zero-order valence-electron chi connectivity index (χ0n) is 23.7. The van der Waals surface area contributed by atoms with Gasteiger partial charge in [-0.05, 0) is 29.1 Å². The number of nitrogens with zero attached hydrogens (tertiary/aromatic N) is 4. The van der Waals surface area contributed by atoms with E-state index in [9.17, 15) is 4.79 Å². The van der Waals surface area contributed by atoms with Gasteiger partial charge in [-0.1, -0.05) is 55.4 Å². The summed E-state index contributed by atoms with van der Waals surface area (Å²) in [4.78, 5) is 25.6. The maximum absolute atomic E-state index is 12.3. The maximum atomic E-state index is 12.3. The molecule has 37 heavy (non-hydrogen) atoms. The summed E-state index contributed by atoms with van der Waals surface area (Å²) in [5, 5.41) is 0. The average Bonchev–Trinajstić information content (AvgIpc) is 3.35. The van der Waals surface area contributed by atoms with Crippen molar-refractivity contribution in [1.82, 2.24) is 19.5 Å². The predicted octanol–water partition coefficient (Wildman–Crippen LogP) is 4.92. The molecule has 2 saturated heterocycles. The van der Waals surface area contributed by atoms with Crippen LogP contribution in [0.25, 0.3) is 11.2 Å². The van der Waals surface area contributed by atoms with Crippen molar-refractivity contribution in [2.24, 2.45) is 0 Å². The highest BCUT2D eigenvalue weighted by Crippen LogP contribution is 2.49. The Kier molecular flexibility index (Phi) is 8.00. The molecule has 0 bridgehead atoms. The highest BCUT2D eigenvalue weighted by Gasteiger charge is 2.62. The Labute approximate surface area is 221 Å². The third kappa shape index (κ3) is 4.80. The normalized spacial score (nSPS) is 27.6. The second-order valence-corrected chi connectivity index (χ2v) is 20.3. The van der Waals surface area contributed by atoms with Gasteiger partial charge in [-0.3, -0.25) is 9.36 Å². The summed E-state index contributed by atoms with van der Waals surface area (Å²) in [7, 11) is -5.65. The van der Waals surface area contributed by atoms with Gasteiger partial charge >= 0.3 is 23.1 Å². The van der Waals surface area contributed by atoms with Gasteiger partial charge in [-0.15, -0.1) is 0 Å². The summed E-state index contributed by atoms with van der Waals surface area (Å²) in [5.74, 6) is -0.406. The second kappa shape index (κ2) is 10.5. The highest BCUT2D eigenvalue weighted by atomic mass is 28.5. The van der Waals surface area contributed by atoms with Crippen LogP contribution in [0.15, 0.2) is 12.7 Å². The summed E-state index contributed by atoms with van der Waals surface area (Å²) < 4.78 is 35.7. The molecule has 2 aliphatic rings. The van der Waals surface area contributed by atoms with E-state index < -0.39 is 47.6 Å². The first-order valence-corrected chi connectivity index (χ1v) is 17.3. The standard InChI is InChI=1S/C25H42N4O6Si2/c1-14(2)36(15(3)4)31-11-20-22(34-37(35-36,16(5)6)17(7)8)23(32-19(10)30)25(33-20)29-13-28-21-18(9)26-12-27-24(21)29/h12-17,20,22-23,25H,11H2,1-10H3/t20-,22-,23-,25-/m1/s1. The summed E-state index contributed by atoms with van der Waals surface area (Å²) in [6.45, 7) is 21.0. The first kappa shape index (κ1) is 28.3. The van der Waals surface area contributed by atoms with Crippen molar-refractivity contribution >= 4 is 34.3 Å². The van der Waals surface area contributed by atoms with E-state index in [4.69, 9.17) is 22.4 Å². The van der Waals surface area contributed by atoms with Gasteiger partial charge in [-0.2, -0.15) is 0 Å². The Balaban J connectivity index is 1.84. The lowest BCUT2D eigenvalue weighted by Crippen LogP contribution is -2.66. The van der Waals surface area contributed by atoms with Crippen molar-refractivity contribution in [2.75, 3.05) is 6.61 Å². The Bertz CT molecular complexity index is 1110. The summed E-state index contributed by atoms with van der Waals surface area (Å²) in [5.41, 5.74) is 2.77. The van der Waals surface area contributed by atoms with Crippen LogP contribution in [0.3, 0.4) is 0 Å². The number of aromatic nitrogens is 4. The van der Waals surface area contributed by atoms with Crippen LogP contribution in [-0.2, 0) is 27.2 Å². The molecule has 0 spiro atoms. The van der Waals surface area contributed by atoms with Crippen molar-refractivity contribution in [1.29, 1.82) is 0 Å². The van der Waals surface area contributed by atoms with Gasteiger partial charge < -0.3 is 22.4 Å². The van der Waals surface area contributed by atoms with E-state index in [1.165, 1.54) is 13.3 Å². The van der Waals surface area contributed by atoms with Crippen molar-refractivity contribution in [2.45, 2.75) is 116 Å². The highest BCUT2D eigenvalue weighted by molar-refractivity contribution is 6.84. The monoisotopic (exact) mass is 550 g/mol. The van der Waals surface area contributed by atoms with Crippen LogP contribution in [0.1, 0.15) is 74.2 Å². The minimum absolute atomic E-state index is 0.140. The first-order chi connectivity index (χ1) is 17.3. The van der Waals surface area contributed by atoms with Gasteiger partial charge in [-0.25, -0.2) is 15.0 Å². The summed E-state index contributed by atoms with van der Waals surface area (Å²) in [6.07, 6.45) is 0.757. The number of hydrogen-bond donors (Lipinski definition) is 0. The molecule has 2 fully saturated rings. The van der Waals surface area contributed by atoms with Crippen molar-refractivity contribution < 1.29 is 27.2 Å². The molecule has 0 unspecified atom stereocenters. The van der Waals surface area contributed by atoms with Gasteiger partial charge in [0.1, 0.15) is 24.1 Å². The van der Waals surface area contributed by atoms with Crippen molar-refractivity contribution in [3.05, 3.63) is 18.3 Å². The number of aryl methyl sites for hydroxylation is 1. The molecule has 4 rings (SSSR count). The van der Waals surface area contributed by atoms with Gasteiger partial charge in [0.05, 0.1) is 18.6 Å². The number of ether oxygens (including phenoxy) is 2. The summed E-state index contributed by atoms with van der Waals surface area (Å²) >= 11 is 0. The fraction of sp³-hybridized carbons (Fsp3) is 0.760. The fourth-order valence-corrected chi connectivity index (χ4v) is 17.0. The molecule has 0 saturated carbocycles. The fourth-order valence-electron chi connectivity index (χ4n) is 5.82. The van der Waals surface area contributed by atoms with Gasteiger partial charge in [0.2, 0.25) is 0 Å². The molecule has 0 aliphatic carbocycles. The molecule has 2 aromatic rings. The predicted molar refractivity (Wildman–Crippen MR) is 143 cm³/mol. The quantitative estimate of drug-likeness (QED) is 0.366. The van der Waals surface area contributed by atoms with Crippen LogP contribution < -0.4 is 0 Å². The van der Waals surface area contributed by atoms with E-state index in [2.05, 4.69) is 70.3 Å². The zero-order chi connectivity index (χ0) is 27.3.